The number of benzene rings is 1. The average Bonchev–Trinajstić information content (AvgIpc) is 2.82. The lowest BCUT2D eigenvalue weighted by atomic mass is 10.0. The number of ether oxygens (including phenoxy) is 2. The van der Waals surface area contributed by atoms with Crippen LogP contribution in [0.15, 0.2) is 24.3 Å². The van der Waals surface area contributed by atoms with Crippen molar-refractivity contribution in [3.63, 3.8) is 0 Å². The number of likely N-dealkylation sites (tertiary alicyclic amines) is 1. The molecule has 1 aromatic carbocycles. The Bertz CT molecular complexity index is 520. The molecule has 100 valence electrons. The number of carbonyl (C=O) groups is 1. The lowest BCUT2D eigenvalue weighted by molar-refractivity contribution is -0.132. The van der Waals surface area contributed by atoms with Gasteiger partial charge in [-0.1, -0.05) is 6.07 Å². The Kier molecular flexibility index (Phi) is 3.13. The summed E-state index contributed by atoms with van der Waals surface area (Å²) in [6.07, 6.45) is 3.31. The van der Waals surface area contributed by atoms with Crippen LogP contribution < -0.4 is 9.47 Å². The number of amides is 1. The molecule has 5 heteroatoms. The molecule has 0 aliphatic carbocycles. The summed E-state index contributed by atoms with van der Waals surface area (Å²) in [6.45, 7) is 1.68. The average molecular weight is 261 g/mol. The number of rotatable bonds is 3. The molecule has 1 N–H and O–H groups in total. The maximum atomic E-state index is 11.8. The van der Waals surface area contributed by atoms with Crippen LogP contribution >= 0.6 is 0 Å². The zero-order chi connectivity index (χ0) is 13.2. The van der Waals surface area contributed by atoms with Gasteiger partial charge in [-0.05, 0) is 23.8 Å². The molecule has 3 rings (SSSR count). The van der Waals surface area contributed by atoms with Gasteiger partial charge in [0.15, 0.2) is 11.5 Å². The molecule has 2 heterocycles. The Labute approximate surface area is 111 Å². The highest BCUT2D eigenvalue weighted by Gasteiger charge is 2.28. The van der Waals surface area contributed by atoms with Crippen LogP contribution in [0.25, 0.3) is 6.08 Å². The van der Waals surface area contributed by atoms with Gasteiger partial charge >= 0.3 is 0 Å². The van der Waals surface area contributed by atoms with Crippen LogP contribution in [0.5, 0.6) is 11.5 Å². The highest BCUT2D eigenvalue weighted by atomic mass is 16.7. The van der Waals surface area contributed by atoms with E-state index in [1.165, 1.54) is 0 Å². The van der Waals surface area contributed by atoms with Crippen molar-refractivity contribution in [2.24, 2.45) is 5.92 Å². The number of hydrogen-bond donors (Lipinski definition) is 1. The first-order valence-electron chi connectivity index (χ1n) is 6.24. The van der Waals surface area contributed by atoms with E-state index in [9.17, 15) is 4.79 Å². The third-order valence-electron chi connectivity index (χ3n) is 3.34. The van der Waals surface area contributed by atoms with Crippen molar-refractivity contribution in [2.75, 3.05) is 26.5 Å². The van der Waals surface area contributed by atoms with Crippen molar-refractivity contribution >= 4 is 12.0 Å². The monoisotopic (exact) mass is 261 g/mol. The predicted molar refractivity (Wildman–Crippen MR) is 68.8 cm³/mol. The molecular formula is C14H15NO4. The van der Waals surface area contributed by atoms with E-state index in [2.05, 4.69) is 0 Å². The van der Waals surface area contributed by atoms with Gasteiger partial charge in [0.05, 0.1) is 0 Å². The molecule has 1 saturated heterocycles. The van der Waals surface area contributed by atoms with Crippen LogP contribution in [0.4, 0.5) is 0 Å². The molecule has 2 aliphatic heterocycles. The van der Waals surface area contributed by atoms with Crippen LogP contribution in [0.2, 0.25) is 0 Å². The molecule has 1 aromatic rings. The predicted octanol–water partition coefficient (Wildman–Crippen LogP) is 0.879. The summed E-state index contributed by atoms with van der Waals surface area (Å²) in [5.41, 5.74) is 0.900. The summed E-state index contributed by atoms with van der Waals surface area (Å²) in [4.78, 5) is 13.5. The smallest absolute Gasteiger partial charge is 0.246 e. The second kappa shape index (κ2) is 4.93. The minimum Gasteiger partial charge on any atom is -0.454 e. The number of hydrogen-bond acceptors (Lipinski definition) is 4. The molecule has 0 atom stereocenters. The molecule has 1 amide bonds. The minimum atomic E-state index is -0.0256. The quantitative estimate of drug-likeness (QED) is 0.821. The zero-order valence-corrected chi connectivity index (χ0v) is 10.4. The topological polar surface area (TPSA) is 59.0 Å². The van der Waals surface area contributed by atoms with Crippen molar-refractivity contribution in [3.8, 4) is 11.5 Å². The van der Waals surface area contributed by atoms with Crippen LogP contribution in [-0.4, -0.2) is 42.4 Å². The largest absolute Gasteiger partial charge is 0.454 e. The molecule has 0 spiro atoms. The van der Waals surface area contributed by atoms with Gasteiger partial charge in [-0.15, -0.1) is 0 Å². The summed E-state index contributed by atoms with van der Waals surface area (Å²) in [5.74, 6) is 1.65. The van der Waals surface area contributed by atoms with E-state index in [-0.39, 0.29) is 25.2 Å². The van der Waals surface area contributed by atoms with Crippen molar-refractivity contribution in [1.82, 2.24) is 4.90 Å². The van der Waals surface area contributed by atoms with Gasteiger partial charge in [0.2, 0.25) is 12.7 Å². The first-order chi connectivity index (χ1) is 9.26. The minimum absolute atomic E-state index is 0.0256. The summed E-state index contributed by atoms with van der Waals surface area (Å²) >= 11 is 0. The Balaban J connectivity index is 1.62. The van der Waals surface area contributed by atoms with Crippen molar-refractivity contribution in [2.45, 2.75) is 0 Å². The molecular weight excluding hydrogens is 246 g/mol. The van der Waals surface area contributed by atoms with Crippen LogP contribution in [0.1, 0.15) is 5.56 Å². The molecule has 0 aromatic heterocycles. The standard InChI is InChI=1S/C14H15NO4/c16-8-11-6-15(7-11)14(17)4-2-10-1-3-12-13(5-10)19-9-18-12/h1-5,11,16H,6-9H2/b4-2+. The second-order valence-corrected chi connectivity index (χ2v) is 4.74. The summed E-state index contributed by atoms with van der Waals surface area (Å²) in [6, 6.07) is 5.56. The lowest BCUT2D eigenvalue weighted by Crippen LogP contribution is -2.50. The van der Waals surface area contributed by atoms with Crippen LogP contribution in [0, 0.1) is 5.92 Å². The molecule has 19 heavy (non-hydrogen) atoms. The highest BCUT2D eigenvalue weighted by Crippen LogP contribution is 2.32. The fourth-order valence-electron chi connectivity index (χ4n) is 2.16. The maximum absolute atomic E-state index is 11.8. The van der Waals surface area contributed by atoms with Gasteiger partial charge in [-0.3, -0.25) is 4.79 Å². The molecule has 0 unspecified atom stereocenters. The maximum Gasteiger partial charge on any atom is 0.246 e. The Morgan fingerprint density at radius 2 is 2.16 bits per heavy atom. The summed E-state index contributed by atoms with van der Waals surface area (Å²) in [7, 11) is 0. The van der Waals surface area contributed by atoms with E-state index in [1.54, 1.807) is 17.1 Å². The molecule has 1 fully saturated rings. The van der Waals surface area contributed by atoms with E-state index in [0.29, 0.717) is 18.8 Å². The third-order valence-corrected chi connectivity index (χ3v) is 3.34. The van der Waals surface area contributed by atoms with E-state index in [1.807, 2.05) is 18.2 Å². The Hall–Kier alpha value is -2.01. The summed E-state index contributed by atoms with van der Waals surface area (Å²) in [5, 5.41) is 8.90. The van der Waals surface area contributed by atoms with E-state index < -0.39 is 0 Å². The van der Waals surface area contributed by atoms with E-state index >= 15 is 0 Å². The Morgan fingerprint density at radius 1 is 1.37 bits per heavy atom. The summed E-state index contributed by atoms with van der Waals surface area (Å²) < 4.78 is 10.5. The van der Waals surface area contributed by atoms with Gasteiger partial charge in [0.1, 0.15) is 0 Å². The van der Waals surface area contributed by atoms with E-state index in [4.69, 9.17) is 14.6 Å². The van der Waals surface area contributed by atoms with E-state index in [0.717, 1.165) is 11.3 Å². The molecule has 2 aliphatic rings. The normalized spacial score (nSPS) is 17.8. The fraction of sp³-hybridized carbons (Fsp3) is 0.357. The fourth-order valence-corrected chi connectivity index (χ4v) is 2.16. The highest BCUT2D eigenvalue weighted by molar-refractivity contribution is 5.92. The Morgan fingerprint density at radius 3 is 2.95 bits per heavy atom. The van der Waals surface area contributed by atoms with Crippen molar-refractivity contribution in [3.05, 3.63) is 29.8 Å². The number of aliphatic hydroxyl groups excluding tert-OH is 1. The molecule has 0 radical (unpaired) electrons. The van der Waals surface area contributed by atoms with Gasteiger partial charge < -0.3 is 19.5 Å². The first kappa shape index (κ1) is 12.0. The van der Waals surface area contributed by atoms with Gasteiger partial charge in [0, 0.05) is 31.7 Å². The number of nitrogens with zero attached hydrogens (tertiary/aromatic N) is 1. The van der Waals surface area contributed by atoms with Gasteiger partial charge in [0.25, 0.3) is 0 Å². The van der Waals surface area contributed by atoms with Gasteiger partial charge in [-0.25, -0.2) is 0 Å². The van der Waals surface area contributed by atoms with Crippen molar-refractivity contribution in [1.29, 1.82) is 0 Å². The number of fused-ring (bicyclic) bond motifs is 1. The van der Waals surface area contributed by atoms with Crippen LogP contribution in [-0.2, 0) is 4.79 Å². The molecule has 0 saturated carbocycles. The second-order valence-electron chi connectivity index (χ2n) is 4.74. The first-order valence-corrected chi connectivity index (χ1v) is 6.24. The number of aliphatic hydroxyl groups is 1. The lowest BCUT2D eigenvalue weighted by Gasteiger charge is -2.37. The zero-order valence-electron chi connectivity index (χ0n) is 10.4. The van der Waals surface area contributed by atoms with Crippen molar-refractivity contribution < 1.29 is 19.4 Å². The van der Waals surface area contributed by atoms with Gasteiger partial charge in [-0.2, -0.15) is 0 Å². The molecule has 0 bridgehead atoms. The molecule has 5 nitrogen and oxygen atoms in total. The SMILES string of the molecule is O=C(/C=C/c1ccc2c(c1)OCO2)N1CC(CO)C1. The number of carbonyl (C=O) groups excluding carboxylic acids is 1. The third kappa shape index (κ3) is 2.42. The van der Waals surface area contributed by atoms with Crippen LogP contribution in [0.3, 0.4) is 0 Å².